The number of anilines is 1. The van der Waals surface area contributed by atoms with Crippen LogP contribution in [0.3, 0.4) is 0 Å². The number of hydrogen-bond acceptors (Lipinski definition) is 5. The molecule has 0 bridgehead atoms. The Balaban J connectivity index is 1.99. The molecule has 2 rings (SSSR count). The number of nitrogens with one attached hydrogen (secondary N) is 3. The predicted octanol–water partition coefficient (Wildman–Crippen LogP) is 2.03. The van der Waals surface area contributed by atoms with Crippen molar-refractivity contribution in [3.8, 4) is 0 Å². The highest BCUT2D eigenvalue weighted by Gasteiger charge is 2.32. The van der Waals surface area contributed by atoms with Gasteiger partial charge in [-0.25, -0.2) is 0 Å². The highest BCUT2D eigenvalue weighted by Crippen LogP contribution is 2.17. The van der Waals surface area contributed by atoms with Crippen LogP contribution >= 0.6 is 0 Å². The molecule has 0 saturated heterocycles. The standard InChI is InChI=1S/C21H28N4O4/c1-14(2)11-21(3,20(22)28)24-13-18(26)25-17-9-5-4-8-16(17)19(27)23-12-15-7-6-10-29-15/h4-10,14,24H,11-13H2,1-3H3,(H2,22,28)(H,23,27)(H,25,26). The lowest BCUT2D eigenvalue weighted by molar-refractivity contribution is -0.125. The fourth-order valence-electron chi connectivity index (χ4n) is 3.01. The monoisotopic (exact) mass is 400 g/mol. The number of amides is 3. The van der Waals surface area contributed by atoms with Crippen LogP contribution in [0.1, 0.15) is 43.3 Å². The number of primary amides is 1. The molecule has 0 aliphatic heterocycles. The Morgan fingerprint density at radius 3 is 2.48 bits per heavy atom. The summed E-state index contributed by atoms with van der Waals surface area (Å²) in [6.45, 7) is 5.75. The Labute approximate surface area is 170 Å². The van der Waals surface area contributed by atoms with Crippen molar-refractivity contribution in [2.45, 2.75) is 39.3 Å². The molecule has 5 N–H and O–H groups in total. The maximum atomic E-state index is 12.5. The van der Waals surface area contributed by atoms with Crippen molar-refractivity contribution in [3.63, 3.8) is 0 Å². The van der Waals surface area contributed by atoms with Crippen molar-refractivity contribution in [1.29, 1.82) is 0 Å². The van der Waals surface area contributed by atoms with Crippen LogP contribution in [0.4, 0.5) is 5.69 Å². The Bertz CT molecular complexity index is 848. The summed E-state index contributed by atoms with van der Waals surface area (Å²) in [5.74, 6) is -0.391. The third-order valence-electron chi connectivity index (χ3n) is 4.45. The minimum absolute atomic E-state index is 0.117. The van der Waals surface area contributed by atoms with E-state index in [0.717, 1.165) is 0 Å². The lowest BCUT2D eigenvalue weighted by atomic mass is 9.90. The molecule has 0 aliphatic rings. The topological polar surface area (TPSA) is 126 Å². The minimum Gasteiger partial charge on any atom is -0.467 e. The van der Waals surface area contributed by atoms with Crippen molar-refractivity contribution in [3.05, 3.63) is 54.0 Å². The molecular formula is C21H28N4O4. The Hall–Kier alpha value is -3.13. The molecule has 8 heteroatoms. The van der Waals surface area contributed by atoms with Crippen LogP contribution in [0.5, 0.6) is 0 Å². The number of carbonyl (C=O) groups is 3. The van der Waals surface area contributed by atoms with Gasteiger partial charge in [-0.2, -0.15) is 0 Å². The van der Waals surface area contributed by atoms with Gasteiger partial charge in [-0.15, -0.1) is 0 Å². The molecule has 2 aromatic rings. The van der Waals surface area contributed by atoms with Crippen LogP contribution in [-0.4, -0.2) is 29.8 Å². The molecule has 1 aromatic carbocycles. The first kappa shape index (κ1) is 22.2. The number of nitrogens with two attached hydrogens (primary N) is 1. The Morgan fingerprint density at radius 1 is 1.14 bits per heavy atom. The molecule has 0 radical (unpaired) electrons. The third kappa shape index (κ3) is 6.46. The molecule has 1 heterocycles. The van der Waals surface area contributed by atoms with E-state index < -0.39 is 11.4 Å². The summed E-state index contributed by atoms with van der Waals surface area (Å²) in [6.07, 6.45) is 2.03. The Kier molecular flexibility index (Phi) is 7.55. The number of benzene rings is 1. The normalized spacial score (nSPS) is 13.0. The maximum absolute atomic E-state index is 12.5. The first-order valence-electron chi connectivity index (χ1n) is 9.45. The highest BCUT2D eigenvalue weighted by molar-refractivity contribution is 6.04. The van der Waals surface area contributed by atoms with Gasteiger partial charge in [0.05, 0.1) is 36.1 Å². The smallest absolute Gasteiger partial charge is 0.253 e. The third-order valence-corrected chi connectivity index (χ3v) is 4.45. The van der Waals surface area contributed by atoms with E-state index >= 15 is 0 Å². The van der Waals surface area contributed by atoms with E-state index in [4.69, 9.17) is 10.2 Å². The summed E-state index contributed by atoms with van der Waals surface area (Å²) in [4.78, 5) is 36.7. The zero-order chi connectivity index (χ0) is 21.4. The number of furan rings is 1. The minimum atomic E-state index is -0.995. The van der Waals surface area contributed by atoms with Gasteiger partial charge in [-0.3, -0.25) is 19.7 Å². The van der Waals surface area contributed by atoms with Crippen molar-refractivity contribution < 1.29 is 18.8 Å². The summed E-state index contributed by atoms with van der Waals surface area (Å²) >= 11 is 0. The SMILES string of the molecule is CC(C)CC(C)(NCC(=O)Nc1ccccc1C(=O)NCc1ccco1)C(N)=O. The summed E-state index contributed by atoms with van der Waals surface area (Å²) in [5, 5.41) is 8.40. The second-order valence-electron chi connectivity index (χ2n) is 7.50. The van der Waals surface area contributed by atoms with Gasteiger partial charge < -0.3 is 20.8 Å². The van der Waals surface area contributed by atoms with Gasteiger partial charge in [0.15, 0.2) is 0 Å². The van der Waals surface area contributed by atoms with Gasteiger partial charge >= 0.3 is 0 Å². The number of hydrogen-bond donors (Lipinski definition) is 4. The van der Waals surface area contributed by atoms with E-state index in [9.17, 15) is 14.4 Å². The van der Waals surface area contributed by atoms with E-state index in [1.165, 1.54) is 6.26 Å². The van der Waals surface area contributed by atoms with E-state index in [-0.39, 0.29) is 30.8 Å². The average molecular weight is 400 g/mol. The number of carbonyl (C=O) groups excluding carboxylic acids is 3. The summed E-state index contributed by atoms with van der Waals surface area (Å²) < 4.78 is 5.19. The van der Waals surface area contributed by atoms with Crippen molar-refractivity contribution in [2.75, 3.05) is 11.9 Å². The number of rotatable bonds is 10. The van der Waals surface area contributed by atoms with Gasteiger partial charge in [0, 0.05) is 0 Å². The van der Waals surface area contributed by atoms with Crippen LogP contribution < -0.4 is 21.7 Å². The molecule has 156 valence electrons. The summed E-state index contributed by atoms with van der Waals surface area (Å²) in [7, 11) is 0. The van der Waals surface area contributed by atoms with Crippen LogP contribution in [0.15, 0.2) is 47.1 Å². The molecule has 3 amide bonds. The van der Waals surface area contributed by atoms with E-state index in [0.29, 0.717) is 23.4 Å². The molecule has 1 atom stereocenters. The van der Waals surface area contributed by atoms with E-state index in [1.807, 2.05) is 13.8 Å². The molecule has 0 aliphatic carbocycles. The van der Waals surface area contributed by atoms with Crippen LogP contribution in [-0.2, 0) is 16.1 Å². The molecule has 0 fully saturated rings. The van der Waals surface area contributed by atoms with Crippen LogP contribution in [0.2, 0.25) is 0 Å². The van der Waals surface area contributed by atoms with Crippen molar-refractivity contribution in [1.82, 2.24) is 10.6 Å². The van der Waals surface area contributed by atoms with Crippen molar-refractivity contribution >= 4 is 23.4 Å². The van der Waals surface area contributed by atoms with Gasteiger partial charge in [0.2, 0.25) is 11.8 Å². The first-order valence-corrected chi connectivity index (χ1v) is 9.45. The molecule has 0 saturated carbocycles. The van der Waals surface area contributed by atoms with Crippen LogP contribution in [0, 0.1) is 5.92 Å². The fraction of sp³-hybridized carbons (Fsp3) is 0.381. The molecule has 0 spiro atoms. The maximum Gasteiger partial charge on any atom is 0.253 e. The molecular weight excluding hydrogens is 372 g/mol. The fourth-order valence-corrected chi connectivity index (χ4v) is 3.01. The Morgan fingerprint density at radius 2 is 1.86 bits per heavy atom. The zero-order valence-electron chi connectivity index (χ0n) is 17.0. The van der Waals surface area contributed by atoms with Gasteiger partial charge in [0.25, 0.3) is 5.91 Å². The zero-order valence-corrected chi connectivity index (χ0v) is 17.0. The first-order chi connectivity index (χ1) is 13.7. The van der Waals surface area contributed by atoms with Gasteiger partial charge in [0.1, 0.15) is 5.76 Å². The highest BCUT2D eigenvalue weighted by atomic mass is 16.3. The second-order valence-corrected chi connectivity index (χ2v) is 7.50. The quantitative estimate of drug-likeness (QED) is 0.485. The van der Waals surface area contributed by atoms with Gasteiger partial charge in [-0.05, 0) is 43.5 Å². The summed E-state index contributed by atoms with van der Waals surface area (Å²) in [6, 6.07) is 10.2. The predicted molar refractivity (Wildman–Crippen MR) is 110 cm³/mol. The average Bonchev–Trinajstić information content (AvgIpc) is 3.18. The van der Waals surface area contributed by atoms with Crippen LogP contribution in [0.25, 0.3) is 0 Å². The molecule has 29 heavy (non-hydrogen) atoms. The largest absolute Gasteiger partial charge is 0.467 e. The van der Waals surface area contributed by atoms with E-state index in [2.05, 4.69) is 16.0 Å². The van der Waals surface area contributed by atoms with E-state index in [1.54, 1.807) is 43.3 Å². The number of para-hydroxylation sites is 1. The lowest BCUT2D eigenvalue weighted by Gasteiger charge is -2.29. The molecule has 1 unspecified atom stereocenters. The lowest BCUT2D eigenvalue weighted by Crippen LogP contribution is -2.55. The second kappa shape index (κ2) is 9.88. The summed E-state index contributed by atoms with van der Waals surface area (Å²) in [5.41, 5.74) is 5.21. The van der Waals surface area contributed by atoms with Crippen molar-refractivity contribution in [2.24, 2.45) is 11.7 Å². The van der Waals surface area contributed by atoms with Gasteiger partial charge in [-0.1, -0.05) is 26.0 Å². The molecule has 1 aromatic heterocycles. The molecule has 8 nitrogen and oxygen atoms in total.